The monoisotopic (exact) mass is 201 g/mol. The van der Waals surface area contributed by atoms with Crippen LogP contribution in [0.5, 0.6) is 0 Å². The van der Waals surface area contributed by atoms with Gasteiger partial charge in [-0.3, -0.25) is 4.79 Å². The molecule has 82 valence electrons. The zero-order chi connectivity index (χ0) is 10.8. The van der Waals surface area contributed by atoms with E-state index in [9.17, 15) is 4.79 Å². The Morgan fingerprint density at radius 1 is 1.50 bits per heavy atom. The van der Waals surface area contributed by atoms with Gasteiger partial charge in [-0.15, -0.1) is 0 Å². The molecule has 1 aliphatic carbocycles. The average molecular weight is 201 g/mol. The molecule has 0 aromatic rings. The van der Waals surface area contributed by atoms with E-state index < -0.39 is 5.54 Å². The van der Waals surface area contributed by atoms with Crippen LogP contribution in [0.25, 0.3) is 0 Å². The van der Waals surface area contributed by atoms with Crippen molar-refractivity contribution in [1.82, 2.24) is 5.32 Å². The molecule has 0 spiro atoms. The molecule has 1 rings (SSSR count). The van der Waals surface area contributed by atoms with Gasteiger partial charge in [-0.25, -0.2) is 0 Å². The number of rotatable bonds is 5. The van der Waals surface area contributed by atoms with E-state index in [1.807, 2.05) is 6.92 Å². The molecule has 0 bridgehead atoms. The number of amides is 1. The summed E-state index contributed by atoms with van der Waals surface area (Å²) < 4.78 is 0. The largest absolute Gasteiger partial charge is 0.394 e. The van der Waals surface area contributed by atoms with E-state index in [4.69, 9.17) is 10.2 Å². The van der Waals surface area contributed by atoms with Crippen molar-refractivity contribution in [2.24, 2.45) is 11.8 Å². The van der Waals surface area contributed by atoms with Crippen molar-refractivity contribution in [1.29, 1.82) is 0 Å². The topological polar surface area (TPSA) is 69.6 Å². The average Bonchev–Trinajstić information content (AvgIpc) is 2.99. The lowest BCUT2D eigenvalue weighted by Crippen LogP contribution is -2.53. The summed E-state index contributed by atoms with van der Waals surface area (Å²) in [5, 5.41) is 20.7. The number of aliphatic hydroxyl groups is 2. The van der Waals surface area contributed by atoms with Crippen LogP contribution in [-0.4, -0.2) is 34.9 Å². The summed E-state index contributed by atoms with van der Waals surface area (Å²) in [6, 6.07) is 0. The predicted octanol–water partition coefficient (Wildman–Crippen LogP) is -0.108. The van der Waals surface area contributed by atoms with Crippen LogP contribution in [0, 0.1) is 11.8 Å². The van der Waals surface area contributed by atoms with E-state index >= 15 is 0 Å². The van der Waals surface area contributed by atoms with Crippen LogP contribution in [0.3, 0.4) is 0 Å². The van der Waals surface area contributed by atoms with E-state index in [2.05, 4.69) is 5.32 Å². The highest BCUT2D eigenvalue weighted by molar-refractivity contribution is 5.79. The van der Waals surface area contributed by atoms with Crippen molar-refractivity contribution in [2.75, 3.05) is 13.2 Å². The van der Waals surface area contributed by atoms with Crippen LogP contribution < -0.4 is 5.32 Å². The molecule has 4 nitrogen and oxygen atoms in total. The number of nitrogens with one attached hydrogen (secondary N) is 1. The zero-order valence-corrected chi connectivity index (χ0v) is 8.79. The molecule has 4 heteroatoms. The van der Waals surface area contributed by atoms with Crippen molar-refractivity contribution < 1.29 is 15.0 Å². The summed E-state index contributed by atoms with van der Waals surface area (Å²) in [6.07, 6.45) is 2.23. The summed E-state index contributed by atoms with van der Waals surface area (Å²) in [7, 11) is 0. The molecule has 0 radical (unpaired) electrons. The number of carbonyl (C=O) groups excluding carboxylic acids is 1. The third kappa shape index (κ3) is 2.69. The van der Waals surface area contributed by atoms with Gasteiger partial charge in [0, 0.05) is 5.92 Å². The van der Waals surface area contributed by atoms with Gasteiger partial charge >= 0.3 is 0 Å². The van der Waals surface area contributed by atoms with Crippen molar-refractivity contribution >= 4 is 5.91 Å². The van der Waals surface area contributed by atoms with Gasteiger partial charge in [0.2, 0.25) is 5.91 Å². The Balaban J connectivity index is 2.45. The molecule has 0 aromatic heterocycles. The highest BCUT2D eigenvalue weighted by Crippen LogP contribution is 2.36. The third-order valence-corrected chi connectivity index (χ3v) is 2.87. The van der Waals surface area contributed by atoms with E-state index in [1.54, 1.807) is 6.92 Å². The molecular formula is C10H19NO3. The van der Waals surface area contributed by atoms with Crippen LogP contribution in [0.2, 0.25) is 0 Å². The summed E-state index contributed by atoms with van der Waals surface area (Å²) in [5.74, 6) is 0.419. The SMILES string of the molecule is CC(C(=O)NC(C)(CO)CO)C1CC1. The summed E-state index contributed by atoms with van der Waals surface area (Å²) in [4.78, 5) is 11.6. The van der Waals surface area contributed by atoms with E-state index in [0.717, 1.165) is 12.8 Å². The Bertz CT molecular complexity index is 209. The number of hydrogen-bond donors (Lipinski definition) is 3. The van der Waals surface area contributed by atoms with Crippen LogP contribution in [0.4, 0.5) is 0 Å². The maximum absolute atomic E-state index is 11.6. The van der Waals surface area contributed by atoms with E-state index in [-0.39, 0.29) is 25.0 Å². The number of hydrogen-bond acceptors (Lipinski definition) is 3. The summed E-state index contributed by atoms with van der Waals surface area (Å²) in [6.45, 7) is 3.03. The standard InChI is InChI=1S/C10H19NO3/c1-7(8-3-4-8)9(14)11-10(2,5-12)6-13/h7-8,12-13H,3-6H2,1-2H3,(H,11,14). The molecule has 1 unspecified atom stereocenters. The molecule has 1 atom stereocenters. The molecule has 1 amide bonds. The maximum Gasteiger partial charge on any atom is 0.223 e. The molecule has 0 aliphatic heterocycles. The van der Waals surface area contributed by atoms with Gasteiger partial charge in [-0.2, -0.15) is 0 Å². The minimum absolute atomic E-state index is 0.00701. The Kier molecular flexibility index (Phi) is 3.50. The summed E-state index contributed by atoms with van der Waals surface area (Å²) in [5.41, 5.74) is -0.889. The number of aliphatic hydroxyl groups excluding tert-OH is 2. The second-order valence-electron chi connectivity index (χ2n) is 4.49. The van der Waals surface area contributed by atoms with Gasteiger partial charge in [-0.05, 0) is 25.7 Å². The van der Waals surface area contributed by atoms with Gasteiger partial charge in [-0.1, -0.05) is 6.92 Å². The number of carbonyl (C=O) groups is 1. The third-order valence-electron chi connectivity index (χ3n) is 2.87. The fraction of sp³-hybridized carbons (Fsp3) is 0.900. The van der Waals surface area contributed by atoms with Crippen molar-refractivity contribution in [3.05, 3.63) is 0 Å². The van der Waals surface area contributed by atoms with Gasteiger partial charge in [0.15, 0.2) is 0 Å². The molecule has 0 saturated heterocycles. The minimum atomic E-state index is -0.889. The van der Waals surface area contributed by atoms with Crippen LogP contribution in [0.1, 0.15) is 26.7 Å². The quantitative estimate of drug-likeness (QED) is 0.581. The summed E-state index contributed by atoms with van der Waals surface area (Å²) >= 11 is 0. The fourth-order valence-corrected chi connectivity index (χ4v) is 1.35. The molecule has 1 saturated carbocycles. The molecule has 0 aromatic carbocycles. The molecule has 3 N–H and O–H groups in total. The lowest BCUT2D eigenvalue weighted by molar-refractivity contribution is -0.128. The molecular weight excluding hydrogens is 182 g/mol. The molecule has 14 heavy (non-hydrogen) atoms. The Labute approximate surface area is 84.3 Å². The molecule has 1 aliphatic rings. The van der Waals surface area contributed by atoms with Crippen LogP contribution in [-0.2, 0) is 4.79 Å². The normalized spacial score (nSPS) is 19.1. The van der Waals surface area contributed by atoms with Crippen molar-refractivity contribution in [3.63, 3.8) is 0 Å². The zero-order valence-electron chi connectivity index (χ0n) is 8.79. The van der Waals surface area contributed by atoms with Crippen LogP contribution in [0.15, 0.2) is 0 Å². The predicted molar refractivity (Wildman–Crippen MR) is 52.6 cm³/mol. The Morgan fingerprint density at radius 2 is 2.00 bits per heavy atom. The van der Waals surface area contributed by atoms with Gasteiger partial charge in [0.05, 0.1) is 18.8 Å². The van der Waals surface area contributed by atoms with E-state index in [0.29, 0.717) is 5.92 Å². The molecule has 0 heterocycles. The van der Waals surface area contributed by atoms with Gasteiger partial charge in [0.1, 0.15) is 0 Å². The van der Waals surface area contributed by atoms with Crippen molar-refractivity contribution in [3.8, 4) is 0 Å². The second kappa shape index (κ2) is 4.28. The van der Waals surface area contributed by atoms with Crippen LogP contribution >= 0.6 is 0 Å². The highest BCUT2D eigenvalue weighted by Gasteiger charge is 2.35. The van der Waals surface area contributed by atoms with Gasteiger partial charge in [0.25, 0.3) is 0 Å². The maximum atomic E-state index is 11.6. The first-order valence-electron chi connectivity index (χ1n) is 5.06. The van der Waals surface area contributed by atoms with Crippen molar-refractivity contribution in [2.45, 2.75) is 32.2 Å². The molecule has 1 fully saturated rings. The first kappa shape index (κ1) is 11.5. The minimum Gasteiger partial charge on any atom is -0.394 e. The lowest BCUT2D eigenvalue weighted by atomic mass is 10.0. The smallest absolute Gasteiger partial charge is 0.223 e. The van der Waals surface area contributed by atoms with E-state index in [1.165, 1.54) is 0 Å². The lowest BCUT2D eigenvalue weighted by Gasteiger charge is -2.27. The first-order valence-corrected chi connectivity index (χ1v) is 5.06. The Hall–Kier alpha value is -0.610. The second-order valence-corrected chi connectivity index (χ2v) is 4.49. The first-order chi connectivity index (χ1) is 6.52. The highest BCUT2D eigenvalue weighted by atomic mass is 16.3. The van der Waals surface area contributed by atoms with Gasteiger partial charge < -0.3 is 15.5 Å². The fourth-order valence-electron chi connectivity index (χ4n) is 1.35. The Morgan fingerprint density at radius 3 is 2.36 bits per heavy atom.